The van der Waals surface area contributed by atoms with E-state index in [-0.39, 0.29) is 11.5 Å². The Morgan fingerprint density at radius 3 is 2.51 bits per heavy atom. The molecule has 0 bridgehead atoms. The molecule has 0 aliphatic carbocycles. The molecule has 1 aliphatic heterocycles. The average Bonchev–Trinajstić information content (AvgIpc) is 3.34. The van der Waals surface area contributed by atoms with Crippen molar-refractivity contribution in [3.8, 4) is 16.9 Å². The number of rotatable bonds is 7. The number of nitrogens with zero attached hydrogens (tertiary/aromatic N) is 2. The number of likely N-dealkylation sites (N-methyl/N-ethyl adjacent to an activating group) is 1. The SMILES string of the molecule is Cc1cc(=O)oc2c1ccc1oc(C(=O)c3cccc(OCCN4CCN(C)CC4)c3)c(-c3ccccc3)c12. The maximum atomic E-state index is 13.9. The van der Waals surface area contributed by atoms with Gasteiger partial charge in [0.15, 0.2) is 5.76 Å². The zero-order valence-electron chi connectivity index (χ0n) is 22.1. The van der Waals surface area contributed by atoms with Crippen LogP contribution in [0.15, 0.2) is 86.4 Å². The molecule has 1 aliphatic rings. The first kappa shape index (κ1) is 25.1. The molecule has 1 fully saturated rings. The van der Waals surface area contributed by atoms with Crippen molar-refractivity contribution in [2.24, 2.45) is 0 Å². The molecule has 3 aromatic carbocycles. The van der Waals surface area contributed by atoms with Gasteiger partial charge in [0, 0.05) is 55.3 Å². The van der Waals surface area contributed by atoms with Crippen LogP contribution in [0.1, 0.15) is 21.7 Å². The lowest BCUT2D eigenvalue weighted by Gasteiger charge is -2.32. The van der Waals surface area contributed by atoms with Gasteiger partial charge in [-0.15, -0.1) is 0 Å². The van der Waals surface area contributed by atoms with Crippen molar-refractivity contribution < 1.29 is 18.4 Å². The molecule has 198 valence electrons. The van der Waals surface area contributed by atoms with Crippen LogP contribution in [0.3, 0.4) is 0 Å². The summed E-state index contributed by atoms with van der Waals surface area (Å²) in [5.41, 5.74) is 3.13. The predicted molar refractivity (Wildman–Crippen MR) is 152 cm³/mol. The van der Waals surface area contributed by atoms with E-state index in [1.165, 1.54) is 6.07 Å². The van der Waals surface area contributed by atoms with E-state index in [1.54, 1.807) is 12.1 Å². The average molecular weight is 523 g/mol. The Morgan fingerprint density at radius 1 is 0.923 bits per heavy atom. The van der Waals surface area contributed by atoms with Crippen LogP contribution >= 0.6 is 0 Å². The number of carbonyl (C=O) groups is 1. The van der Waals surface area contributed by atoms with Crippen molar-refractivity contribution in [3.05, 3.63) is 100 Å². The Kier molecular flexibility index (Phi) is 6.77. The number of furan rings is 1. The highest BCUT2D eigenvalue weighted by Crippen LogP contribution is 2.40. The summed E-state index contributed by atoms with van der Waals surface area (Å²) >= 11 is 0. The van der Waals surface area contributed by atoms with E-state index in [4.69, 9.17) is 13.6 Å². The maximum Gasteiger partial charge on any atom is 0.336 e. The first-order valence-corrected chi connectivity index (χ1v) is 13.2. The summed E-state index contributed by atoms with van der Waals surface area (Å²) in [4.78, 5) is 31.0. The molecule has 0 radical (unpaired) electrons. The Hall–Kier alpha value is -4.20. The molecule has 2 aromatic heterocycles. The summed E-state index contributed by atoms with van der Waals surface area (Å²) in [6.07, 6.45) is 0. The highest BCUT2D eigenvalue weighted by Gasteiger charge is 2.26. The van der Waals surface area contributed by atoms with Crippen LogP contribution < -0.4 is 10.4 Å². The van der Waals surface area contributed by atoms with Crippen LogP contribution in [-0.2, 0) is 0 Å². The zero-order valence-corrected chi connectivity index (χ0v) is 22.1. The fourth-order valence-electron chi connectivity index (χ4n) is 5.22. The molecule has 7 nitrogen and oxygen atoms in total. The Morgan fingerprint density at radius 2 is 1.72 bits per heavy atom. The largest absolute Gasteiger partial charge is 0.492 e. The van der Waals surface area contributed by atoms with Crippen molar-refractivity contribution in [1.29, 1.82) is 0 Å². The van der Waals surface area contributed by atoms with E-state index >= 15 is 0 Å². The highest BCUT2D eigenvalue weighted by molar-refractivity contribution is 6.20. The number of carbonyl (C=O) groups excluding carboxylic acids is 1. The van der Waals surface area contributed by atoms with E-state index in [2.05, 4.69) is 16.8 Å². The molecular weight excluding hydrogens is 492 g/mol. The molecule has 7 heteroatoms. The van der Waals surface area contributed by atoms with Crippen molar-refractivity contribution in [2.45, 2.75) is 6.92 Å². The topological polar surface area (TPSA) is 76.1 Å². The number of benzene rings is 3. The van der Waals surface area contributed by atoms with Gasteiger partial charge in [-0.1, -0.05) is 42.5 Å². The smallest absolute Gasteiger partial charge is 0.336 e. The van der Waals surface area contributed by atoms with Crippen molar-refractivity contribution >= 4 is 27.7 Å². The van der Waals surface area contributed by atoms with Gasteiger partial charge < -0.3 is 18.5 Å². The third-order valence-corrected chi connectivity index (χ3v) is 7.41. The fourth-order valence-corrected chi connectivity index (χ4v) is 5.22. The van der Waals surface area contributed by atoms with Gasteiger partial charge in [0.2, 0.25) is 5.78 Å². The van der Waals surface area contributed by atoms with Crippen molar-refractivity contribution in [1.82, 2.24) is 9.80 Å². The minimum atomic E-state index is -0.443. The molecule has 0 unspecified atom stereocenters. The van der Waals surface area contributed by atoms with E-state index in [0.29, 0.717) is 40.0 Å². The Labute approximate surface area is 226 Å². The fraction of sp³-hybridized carbons (Fsp3) is 0.250. The molecular formula is C32H30N2O5. The summed E-state index contributed by atoms with van der Waals surface area (Å²) in [6, 6.07) is 21.9. The lowest BCUT2D eigenvalue weighted by Crippen LogP contribution is -2.45. The quantitative estimate of drug-likeness (QED) is 0.210. The van der Waals surface area contributed by atoms with Crippen molar-refractivity contribution in [2.75, 3.05) is 46.4 Å². The standard InChI is InChI=1S/C32H30N2O5/c1-21-19-27(35)39-31-25(21)11-12-26-29(31)28(22-7-4-3-5-8-22)32(38-26)30(36)23-9-6-10-24(20-23)37-18-17-34-15-13-33(2)14-16-34/h3-12,19-20H,13-18H2,1-2H3. The normalized spacial score (nSPS) is 14.7. The molecule has 5 aromatic rings. The van der Waals surface area contributed by atoms with Crippen LogP contribution in [-0.4, -0.2) is 62.0 Å². The second-order valence-electron chi connectivity index (χ2n) is 10.1. The molecule has 0 spiro atoms. The molecule has 3 heterocycles. The summed E-state index contributed by atoms with van der Waals surface area (Å²) < 4.78 is 17.9. The number of hydrogen-bond acceptors (Lipinski definition) is 7. The van der Waals surface area contributed by atoms with Gasteiger partial charge in [-0.2, -0.15) is 0 Å². The number of ketones is 1. The minimum Gasteiger partial charge on any atom is -0.492 e. The number of ether oxygens (including phenoxy) is 1. The van der Waals surface area contributed by atoms with E-state index in [0.717, 1.165) is 49.2 Å². The number of piperazine rings is 1. The summed E-state index contributed by atoms with van der Waals surface area (Å²) in [5.74, 6) is 0.569. The molecule has 0 N–H and O–H groups in total. The molecule has 1 saturated heterocycles. The van der Waals surface area contributed by atoms with E-state index in [9.17, 15) is 9.59 Å². The molecule has 39 heavy (non-hydrogen) atoms. The molecule has 0 atom stereocenters. The monoisotopic (exact) mass is 522 g/mol. The van der Waals surface area contributed by atoms with Gasteiger partial charge in [-0.05, 0) is 49.4 Å². The Balaban J connectivity index is 1.37. The third kappa shape index (κ3) is 4.99. The lowest BCUT2D eigenvalue weighted by atomic mass is 9.96. The maximum absolute atomic E-state index is 13.9. The lowest BCUT2D eigenvalue weighted by molar-refractivity contribution is 0.101. The van der Waals surface area contributed by atoms with Gasteiger partial charge in [-0.25, -0.2) is 4.79 Å². The molecule has 0 amide bonds. The highest BCUT2D eigenvalue weighted by atomic mass is 16.5. The first-order chi connectivity index (χ1) is 19.0. The molecule has 0 saturated carbocycles. The van der Waals surface area contributed by atoms with Crippen LogP contribution in [0.2, 0.25) is 0 Å². The summed E-state index contributed by atoms with van der Waals surface area (Å²) in [7, 11) is 2.14. The van der Waals surface area contributed by atoms with Gasteiger partial charge in [0.25, 0.3) is 0 Å². The second kappa shape index (κ2) is 10.5. The van der Waals surface area contributed by atoms with Gasteiger partial charge in [0.05, 0.1) is 5.39 Å². The van der Waals surface area contributed by atoms with E-state index in [1.807, 2.05) is 61.5 Å². The van der Waals surface area contributed by atoms with Crippen LogP contribution in [0.5, 0.6) is 5.75 Å². The Bertz CT molecular complexity index is 1710. The van der Waals surface area contributed by atoms with Gasteiger partial charge in [0.1, 0.15) is 23.5 Å². The van der Waals surface area contributed by atoms with Crippen molar-refractivity contribution in [3.63, 3.8) is 0 Å². The van der Waals surface area contributed by atoms with Gasteiger partial charge in [-0.3, -0.25) is 9.69 Å². The van der Waals surface area contributed by atoms with E-state index < -0.39 is 5.63 Å². The third-order valence-electron chi connectivity index (χ3n) is 7.41. The number of hydrogen-bond donors (Lipinski definition) is 0. The summed E-state index contributed by atoms with van der Waals surface area (Å²) in [6.45, 7) is 7.43. The van der Waals surface area contributed by atoms with Crippen LogP contribution in [0, 0.1) is 6.92 Å². The number of aryl methyl sites for hydroxylation is 1. The summed E-state index contributed by atoms with van der Waals surface area (Å²) in [5, 5.41) is 1.41. The second-order valence-corrected chi connectivity index (χ2v) is 10.1. The van der Waals surface area contributed by atoms with Crippen LogP contribution in [0.25, 0.3) is 33.1 Å². The van der Waals surface area contributed by atoms with Gasteiger partial charge >= 0.3 is 5.63 Å². The number of fused-ring (bicyclic) bond motifs is 3. The minimum absolute atomic E-state index is 0.197. The zero-order chi connectivity index (χ0) is 26.9. The van der Waals surface area contributed by atoms with Crippen LogP contribution in [0.4, 0.5) is 0 Å². The predicted octanol–water partition coefficient (Wildman–Crippen LogP) is 5.37. The first-order valence-electron chi connectivity index (χ1n) is 13.2. The molecule has 6 rings (SSSR count).